The van der Waals surface area contributed by atoms with Crippen LogP contribution in [0.3, 0.4) is 0 Å². The minimum absolute atomic E-state index is 0.273. The lowest BCUT2D eigenvalue weighted by Crippen LogP contribution is -2.37. The van der Waals surface area contributed by atoms with Gasteiger partial charge in [0, 0.05) is 43.8 Å². The Labute approximate surface area is 140 Å². The lowest BCUT2D eigenvalue weighted by Gasteiger charge is -2.11. The maximum absolute atomic E-state index is 12.0. The SMILES string of the molecule is CCCCn1c(SCc2cc(=O)n(C)c(=O)n2C)nc(C)c1C. The van der Waals surface area contributed by atoms with E-state index in [0.717, 1.165) is 34.8 Å². The predicted octanol–water partition coefficient (Wildman–Crippen LogP) is 1.99. The van der Waals surface area contributed by atoms with Crippen LogP contribution in [0.15, 0.2) is 20.8 Å². The molecule has 0 radical (unpaired) electrons. The third-order valence-electron chi connectivity index (χ3n) is 4.13. The number of aromatic nitrogens is 4. The zero-order valence-electron chi connectivity index (χ0n) is 14.4. The summed E-state index contributed by atoms with van der Waals surface area (Å²) in [5.41, 5.74) is 2.35. The summed E-state index contributed by atoms with van der Waals surface area (Å²) in [7, 11) is 3.18. The van der Waals surface area contributed by atoms with Crippen molar-refractivity contribution >= 4 is 11.8 Å². The average molecular weight is 336 g/mol. The van der Waals surface area contributed by atoms with Crippen LogP contribution in [0, 0.1) is 13.8 Å². The minimum Gasteiger partial charge on any atom is -0.323 e. The van der Waals surface area contributed by atoms with Gasteiger partial charge in [0.05, 0.1) is 5.69 Å². The van der Waals surface area contributed by atoms with E-state index in [1.807, 2.05) is 6.92 Å². The molecule has 0 unspecified atom stereocenters. The van der Waals surface area contributed by atoms with Crippen molar-refractivity contribution in [1.82, 2.24) is 18.7 Å². The van der Waals surface area contributed by atoms with E-state index in [4.69, 9.17) is 0 Å². The number of hydrogen-bond acceptors (Lipinski definition) is 4. The highest BCUT2D eigenvalue weighted by atomic mass is 32.2. The van der Waals surface area contributed by atoms with E-state index >= 15 is 0 Å². The molecular formula is C16H24N4O2S. The quantitative estimate of drug-likeness (QED) is 0.757. The second kappa shape index (κ2) is 7.21. The Kier molecular flexibility index (Phi) is 5.51. The van der Waals surface area contributed by atoms with E-state index in [1.165, 1.54) is 23.4 Å². The second-order valence-corrected chi connectivity index (χ2v) is 6.68. The van der Waals surface area contributed by atoms with Crippen LogP contribution in [-0.2, 0) is 26.4 Å². The first kappa shape index (κ1) is 17.6. The van der Waals surface area contributed by atoms with E-state index in [2.05, 4.69) is 23.4 Å². The van der Waals surface area contributed by atoms with Crippen LogP contribution in [0.4, 0.5) is 0 Å². The van der Waals surface area contributed by atoms with Crippen molar-refractivity contribution in [2.75, 3.05) is 0 Å². The maximum atomic E-state index is 12.0. The van der Waals surface area contributed by atoms with Gasteiger partial charge in [0.2, 0.25) is 0 Å². The highest BCUT2D eigenvalue weighted by Gasteiger charge is 2.13. The van der Waals surface area contributed by atoms with Crippen molar-refractivity contribution in [2.24, 2.45) is 14.1 Å². The highest BCUT2D eigenvalue weighted by molar-refractivity contribution is 7.98. The van der Waals surface area contributed by atoms with Crippen molar-refractivity contribution in [3.63, 3.8) is 0 Å². The normalized spacial score (nSPS) is 11.2. The van der Waals surface area contributed by atoms with Crippen molar-refractivity contribution in [3.8, 4) is 0 Å². The van der Waals surface area contributed by atoms with Gasteiger partial charge >= 0.3 is 5.69 Å². The fraction of sp³-hybridized carbons (Fsp3) is 0.562. The summed E-state index contributed by atoms with van der Waals surface area (Å²) in [6.07, 6.45) is 2.23. The molecule has 6 nitrogen and oxygen atoms in total. The largest absolute Gasteiger partial charge is 0.330 e. The molecule has 0 fully saturated rings. The van der Waals surface area contributed by atoms with Gasteiger partial charge in [-0.2, -0.15) is 0 Å². The van der Waals surface area contributed by atoms with E-state index in [9.17, 15) is 9.59 Å². The number of rotatable bonds is 6. The Morgan fingerprint density at radius 1 is 1.17 bits per heavy atom. The molecule has 0 saturated heterocycles. The molecule has 0 aliphatic rings. The summed E-state index contributed by atoms with van der Waals surface area (Å²) in [5.74, 6) is 0.545. The standard InChI is InChI=1S/C16H24N4O2S/c1-6-7-8-20-12(3)11(2)17-15(20)23-10-13-9-14(21)19(5)16(22)18(13)4/h9H,6-8,10H2,1-5H3. The molecule has 0 bridgehead atoms. The van der Waals surface area contributed by atoms with E-state index in [-0.39, 0.29) is 11.2 Å². The molecule has 0 spiro atoms. The molecule has 0 aliphatic heterocycles. The number of thioether (sulfide) groups is 1. The zero-order chi connectivity index (χ0) is 17.1. The Morgan fingerprint density at radius 3 is 2.52 bits per heavy atom. The van der Waals surface area contributed by atoms with Gasteiger partial charge in [0.15, 0.2) is 5.16 Å². The van der Waals surface area contributed by atoms with Crippen molar-refractivity contribution in [3.05, 3.63) is 44.0 Å². The molecule has 7 heteroatoms. The summed E-state index contributed by atoms with van der Waals surface area (Å²) in [6.45, 7) is 7.20. The number of imidazole rings is 1. The van der Waals surface area contributed by atoms with Gasteiger partial charge in [-0.05, 0) is 20.3 Å². The number of hydrogen-bond donors (Lipinski definition) is 0. The molecular weight excluding hydrogens is 312 g/mol. The molecule has 2 heterocycles. The number of unbranched alkanes of at least 4 members (excludes halogenated alkanes) is 1. The van der Waals surface area contributed by atoms with Crippen molar-refractivity contribution in [2.45, 2.75) is 51.1 Å². The Morgan fingerprint density at radius 2 is 1.87 bits per heavy atom. The van der Waals surface area contributed by atoms with Gasteiger partial charge in [-0.25, -0.2) is 9.78 Å². The van der Waals surface area contributed by atoms with Gasteiger partial charge in [0.25, 0.3) is 5.56 Å². The van der Waals surface area contributed by atoms with Crippen molar-refractivity contribution in [1.29, 1.82) is 0 Å². The molecule has 2 rings (SSSR count). The van der Waals surface area contributed by atoms with E-state index < -0.39 is 0 Å². The van der Waals surface area contributed by atoms with Crippen LogP contribution in [-0.4, -0.2) is 18.7 Å². The average Bonchev–Trinajstić information content (AvgIpc) is 2.80. The van der Waals surface area contributed by atoms with Gasteiger partial charge in [-0.3, -0.25) is 13.9 Å². The smallest absolute Gasteiger partial charge is 0.323 e. The summed E-state index contributed by atoms with van der Waals surface area (Å²) in [6, 6.07) is 1.52. The van der Waals surface area contributed by atoms with Gasteiger partial charge in [-0.1, -0.05) is 25.1 Å². The molecule has 2 aromatic heterocycles. The Balaban J connectivity index is 2.27. The van der Waals surface area contributed by atoms with Crippen LogP contribution in [0.2, 0.25) is 0 Å². The first-order valence-corrected chi connectivity index (χ1v) is 8.77. The first-order chi connectivity index (χ1) is 10.9. The van der Waals surface area contributed by atoms with Crippen molar-refractivity contribution < 1.29 is 0 Å². The molecule has 0 atom stereocenters. The molecule has 0 amide bonds. The third-order valence-corrected chi connectivity index (χ3v) is 5.14. The Bertz CT molecular complexity index is 817. The Hall–Kier alpha value is -1.76. The summed E-state index contributed by atoms with van der Waals surface area (Å²) in [4.78, 5) is 28.4. The predicted molar refractivity (Wildman–Crippen MR) is 93.1 cm³/mol. The van der Waals surface area contributed by atoms with Gasteiger partial charge in [-0.15, -0.1) is 0 Å². The highest BCUT2D eigenvalue weighted by Crippen LogP contribution is 2.24. The molecule has 23 heavy (non-hydrogen) atoms. The van der Waals surface area contributed by atoms with Crippen LogP contribution in [0.25, 0.3) is 0 Å². The molecule has 2 aromatic rings. The summed E-state index contributed by atoms with van der Waals surface area (Å²) < 4.78 is 4.86. The van der Waals surface area contributed by atoms with Crippen LogP contribution < -0.4 is 11.2 Å². The number of aryl methyl sites for hydroxylation is 1. The van der Waals surface area contributed by atoms with Crippen LogP contribution >= 0.6 is 11.8 Å². The monoisotopic (exact) mass is 336 g/mol. The minimum atomic E-state index is -0.296. The molecule has 0 saturated carbocycles. The molecule has 0 aliphatic carbocycles. The molecule has 126 valence electrons. The maximum Gasteiger partial charge on any atom is 0.330 e. The third kappa shape index (κ3) is 3.60. The lowest BCUT2D eigenvalue weighted by molar-refractivity contribution is 0.575. The fourth-order valence-corrected chi connectivity index (χ4v) is 3.51. The topological polar surface area (TPSA) is 61.8 Å². The van der Waals surface area contributed by atoms with Gasteiger partial charge in [0.1, 0.15) is 0 Å². The van der Waals surface area contributed by atoms with Crippen LogP contribution in [0.5, 0.6) is 0 Å². The lowest BCUT2D eigenvalue weighted by atomic mass is 10.3. The van der Waals surface area contributed by atoms with Crippen LogP contribution in [0.1, 0.15) is 36.8 Å². The number of nitrogens with zero attached hydrogens (tertiary/aromatic N) is 4. The second-order valence-electron chi connectivity index (χ2n) is 5.73. The molecule has 0 N–H and O–H groups in total. The summed E-state index contributed by atoms with van der Waals surface area (Å²) >= 11 is 1.57. The zero-order valence-corrected chi connectivity index (χ0v) is 15.2. The van der Waals surface area contributed by atoms with E-state index in [0.29, 0.717) is 11.4 Å². The summed E-state index contributed by atoms with van der Waals surface area (Å²) in [5, 5.41) is 0.946. The molecule has 0 aromatic carbocycles. The van der Waals surface area contributed by atoms with E-state index in [1.54, 1.807) is 18.8 Å². The fourth-order valence-electron chi connectivity index (χ4n) is 2.37. The van der Waals surface area contributed by atoms with Gasteiger partial charge < -0.3 is 4.57 Å². The first-order valence-electron chi connectivity index (χ1n) is 7.79.